The molecule has 2 fully saturated rings. The molecule has 4 heterocycles. The molecule has 0 bridgehead atoms. The number of carbonyl (C=O) groups is 2. The molecule has 42 heavy (non-hydrogen) atoms. The van der Waals surface area contributed by atoms with Crippen molar-refractivity contribution in [3.63, 3.8) is 0 Å². The van der Waals surface area contributed by atoms with E-state index in [-0.39, 0.29) is 41.5 Å². The van der Waals surface area contributed by atoms with Crippen molar-refractivity contribution in [1.82, 2.24) is 29.7 Å². The summed E-state index contributed by atoms with van der Waals surface area (Å²) < 4.78 is 21.1. The number of allylic oxidation sites excluding steroid dienone is 1. The summed E-state index contributed by atoms with van der Waals surface area (Å²) in [5.41, 5.74) is 2.20. The molecule has 2 aromatic heterocycles. The second-order valence-corrected chi connectivity index (χ2v) is 11.9. The number of imidazole rings is 1. The van der Waals surface area contributed by atoms with Gasteiger partial charge >= 0.3 is 0 Å². The second kappa shape index (κ2) is 11.6. The summed E-state index contributed by atoms with van der Waals surface area (Å²) in [6.07, 6.45) is 4.91. The topological polar surface area (TPSA) is 109 Å². The number of halogens is 1. The molecule has 3 atom stereocenters. The van der Waals surface area contributed by atoms with E-state index in [4.69, 9.17) is 14.8 Å². The van der Waals surface area contributed by atoms with Gasteiger partial charge in [-0.05, 0) is 82.7 Å². The number of benzene rings is 1. The minimum atomic E-state index is -0.648. The molecule has 5 rings (SSSR count). The van der Waals surface area contributed by atoms with Crippen LogP contribution in [0.4, 0.5) is 4.39 Å². The van der Waals surface area contributed by atoms with E-state index in [1.807, 2.05) is 34.6 Å². The third-order valence-electron chi connectivity index (χ3n) is 8.07. The number of piperazine rings is 1. The summed E-state index contributed by atoms with van der Waals surface area (Å²) in [7, 11) is 0. The van der Waals surface area contributed by atoms with Gasteiger partial charge in [0.05, 0.1) is 29.7 Å². The van der Waals surface area contributed by atoms with Gasteiger partial charge in [-0.3, -0.25) is 14.7 Å². The van der Waals surface area contributed by atoms with Crippen LogP contribution in [0.2, 0.25) is 0 Å². The van der Waals surface area contributed by atoms with Crippen LogP contribution in [-0.2, 0) is 4.74 Å². The van der Waals surface area contributed by atoms with Gasteiger partial charge in [-0.2, -0.15) is 10.2 Å². The number of amides is 2. The molecule has 11 heteroatoms. The zero-order valence-electron chi connectivity index (χ0n) is 24.8. The zero-order valence-corrected chi connectivity index (χ0v) is 24.8. The summed E-state index contributed by atoms with van der Waals surface area (Å²) in [4.78, 5) is 35.2. The highest BCUT2D eigenvalue weighted by molar-refractivity contribution is 5.99. The number of ether oxygens (including phenoxy) is 1. The van der Waals surface area contributed by atoms with Crippen molar-refractivity contribution in [2.75, 3.05) is 19.6 Å². The van der Waals surface area contributed by atoms with Crippen LogP contribution in [-0.4, -0.2) is 84.6 Å². The normalized spacial score (nSPS) is 22.7. The van der Waals surface area contributed by atoms with Crippen LogP contribution in [0.25, 0.3) is 5.57 Å². The number of nitrogens with zero attached hydrogens (tertiary/aromatic N) is 6. The first-order chi connectivity index (χ1) is 19.9. The molecule has 2 saturated heterocycles. The molecule has 2 aliphatic heterocycles. The summed E-state index contributed by atoms with van der Waals surface area (Å²) in [5, 5.41) is 11.4. The standard InChI is InChI=1S/C31H38FN7O3/c1-19-15-24(16-20(2)42-19)21(3)28-34-27(17-39(28)36-22(4)23-7-9-25(32)10-8-23)30(41)38-14-13-37(18-31(38,5)6)29(40)26-11-12-33-35-26/h7-12,17,19-20,24H,3,13-16,18H2,1-2,4-6H3,(H,33,35)/b36-22+/t19-,20+,24+. The molecular formula is C31H38FN7O3. The van der Waals surface area contributed by atoms with Crippen LogP contribution in [0.15, 0.2) is 54.4 Å². The molecule has 2 amide bonds. The second-order valence-electron chi connectivity index (χ2n) is 11.9. The van der Waals surface area contributed by atoms with Gasteiger partial charge in [0.25, 0.3) is 11.8 Å². The Morgan fingerprint density at radius 2 is 1.79 bits per heavy atom. The maximum Gasteiger partial charge on any atom is 0.274 e. The Kier molecular flexibility index (Phi) is 8.14. The molecule has 1 N–H and O–H groups in total. The molecule has 0 unspecified atom stereocenters. The van der Waals surface area contributed by atoms with Crippen LogP contribution in [0.5, 0.6) is 0 Å². The first-order valence-electron chi connectivity index (χ1n) is 14.3. The predicted molar refractivity (Wildman–Crippen MR) is 158 cm³/mol. The first kappa shape index (κ1) is 29.4. The lowest BCUT2D eigenvalue weighted by molar-refractivity contribution is -0.0419. The largest absolute Gasteiger partial charge is 0.376 e. The lowest BCUT2D eigenvalue weighted by Crippen LogP contribution is -2.62. The highest BCUT2D eigenvalue weighted by atomic mass is 19.1. The number of hydrogen-bond donors (Lipinski definition) is 1. The van der Waals surface area contributed by atoms with Gasteiger partial charge in [-0.15, -0.1) is 0 Å². The van der Waals surface area contributed by atoms with E-state index in [1.54, 1.807) is 45.1 Å². The number of aromatic nitrogens is 4. The number of hydrogen-bond acceptors (Lipinski definition) is 6. The lowest BCUT2D eigenvalue weighted by Gasteiger charge is -2.46. The van der Waals surface area contributed by atoms with Crippen molar-refractivity contribution < 1.29 is 18.7 Å². The maximum atomic E-state index is 14.0. The molecule has 10 nitrogen and oxygen atoms in total. The van der Waals surface area contributed by atoms with E-state index in [0.717, 1.165) is 24.0 Å². The Hall–Kier alpha value is -4.12. The molecule has 0 radical (unpaired) electrons. The number of nitrogens with one attached hydrogen (secondary N) is 1. The van der Waals surface area contributed by atoms with Crippen LogP contribution in [0.3, 0.4) is 0 Å². The Morgan fingerprint density at radius 1 is 1.10 bits per heavy atom. The summed E-state index contributed by atoms with van der Waals surface area (Å²) in [5.74, 6) is -0.0988. The van der Waals surface area contributed by atoms with E-state index < -0.39 is 5.54 Å². The lowest BCUT2D eigenvalue weighted by atomic mass is 9.86. The van der Waals surface area contributed by atoms with Gasteiger partial charge < -0.3 is 14.5 Å². The van der Waals surface area contributed by atoms with Crippen LogP contribution < -0.4 is 0 Å². The fraction of sp³-hybridized carbons (Fsp3) is 0.452. The van der Waals surface area contributed by atoms with Crippen LogP contribution in [0, 0.1) is 11.7 Å². The minimum Gasteiger partial charge on any atom is -0.376 e. The van der Waals surface area contributed by atoms with Crippen molar-refractivity contribution >= 4 is 23.1 Å². The average Bonchev–Trinajstić information content (AvgIpc) is 3.62. The zero-order chi connectivity index (χ0) is 30.2. The number of H-pyrrole nitrogens is 1. The third kappa shape index (κ3) is 6.06. The van der Waals surface area contributed by atoms with Crippen molar-refractivity contribution in [1.29, 1.82) is 0 Å². The van der Waals surface area contributed by atoms with Gasteiger partial charge in [0.2, 0.25) is 0 Å². The van der Waals surface area contributed by atoms with Crippen LogP contribution >= 0.6 is 0 Å². The van der Waals surface area contributed by atoms with Crippen LogP contribution in [0.1, 0.15) is 79.8 Å². The number of aromatic amines is 1. The maximum absolute atomic E-state index is 14.0. The fourth-order valence-electron chi connectivity index (χ4n) is 5.94. The molecule has 0 spiro atoms. The molecule has 0 aliphatic carbocycles. The van der Waals surface area contributed by atoms with E-state index in [0.29, 0.717) is 36.9 Å². The van der Waals surface area contributed by atoms with Gasteiger partial charge in [-0.1, -0.05) is 18.7 Å². The molecule has 0 saturated carbocycles. The quantitative estimate of drug-likeness (QED) is 0.432. The van der Waals surface area contributed by atoms with E-state index in [9.17, 15) is 14.0 Å². The van der Waals surface area contributed by atoms with Crippen molar-refractivity contribution in [2.24, 2.45) is 11.0 Å². The van der Waals surface area contributed by atoms with E-state index in [2.05, 4.69) is 16.8 Å². The Morgan fingerprint density at radius 3 is 2.40 bits per heavy atom. The summed E-state index contributed by atoms with van der Waals surface area (Å²) in [6.45, 7) is 15.3. The van der Waals surface area contributed by atoms with Gasteiger partial charge in [-0.25, -0.2) is 14.1 Å². The fourth-order valence-corrected chi connectivity index (χ4v) is 5.94. The Bertz CT molecular complexity index is 1480. The highest BCUT2D eigenvalue weighted by Crippen LogP contribution is 2.35. The molecular weight excluding hydrogens is 537 g/mol. The average molecular weight is 576 g/mol. The summed E-state index contributed by atoms with van der Waals surface area (Å²) >= 11 is 0. The first-order valence-corrected chi connectivity index (χ1v) is 14.3. The highest BCUT2D eigenvalue weighted by Gasteiger charge is 2.40. The Balaban J connectivity index is 1.45. The van der Waals surface area contributed by atoms with Gasteiger partial charge in [0.1, 0.15) is 17.2 Å². The van der Waals surface area contributed by atoms with Crippen molar-refractivity contribution in [2.45, 2.75) is 65.2 Å². The van der Waals surface area contributed by atoms with Crippen molar-refractivity contribution in [3.05, 3.63) is 77.9 Å². The summed E-state index contributed by atoms with van der Waals surface area (Å²) in [6, 6.07) is 7.75. The number of carbonyl (C=O) groups excluding carboxylic acids is 2. The van der Waals surface area contributed by atoms with Gasteiger partial charge in [0.15, 0.2) is 5.82 Å². The molecule has 3 aromatic rings. The minimum absolute atomic E-state index is 0.0750. The molecule has 222 valence electrons. The van der Waals surface area contributed by atoms with Gasteiger partial charge in [0, 0.05) is 25.8 Å². The Labute approximate surface area is 245 Å². The number of rotatable bonds is 6. The monoisotopic (exact) mass is 575 g/mol. The van der Waals surface area contributed by atoms with E-state index >= 15 is 0 Å². The SMILES string of the molecule is C=C(c1nc(C(=O)N2CCN(C(=O)c3ccn[nH]3)CC2(C)C)cn1/N=C(\C)c1ccc(F)cc1)[C@H]1C[C@@H](C)O[C@@H](C)C1. The molecule has 1 aromatic carbocycles. The smallest absolute Gasteiger partial charge is 0.274 e. The molecule has 2 aliphatic rings. The predicted octanol–water partition coefficient (Wildman–Crippen LogP) is 4.61. The third-order valence-corrected chi connectivity index (χ3v) is 8.07. The van der Waals surface area contributed by atoms with E-state index in [1.165, 1.54) is 12.1 Å². The van der Waals surface area contributed by atoms with Crippen molar-refractivity contribution in [3.8, 4) is 0 Å².